The van der Waals surface area contributed by atoms with E-state index in [0.29, 0.717) is 18.7 Å². The van der Waals surface area contributed by atoms with Gasteiger partial charge < -0.3 is 14.4 Å². The zero-order valence-electron chi connectivity index (χ0n) is 23.4. The molecule has 0 unspecified atom stereocenters. The Bertz CT molecular complexity index is 1570. The van der Waals surface area contributed by atoms with Gasteiger partial charge in [-0.3, -0.25) is 9.69 Å². The van der Waals surface area contributed by atoms with Crippen molar-refractivity contribution in [3.63, 3.8) is 0 Å². The van der Waals surface area contributed by atoms with Crippen LogP contribution in [0.5, 0.6) is 0 Å². The van der Waals surface area contributed by atoms with E-state index in [1.54, 1.807) is 36.4 Å². The summed E-state index contributed by atoms with van der Waals surface area (Å²) in [5.41, 5.74) is 4.49. The normalized spacial score (nSPS) is 14.6. The summed E-state index contributed by atoms with van der Waals surface area (Å²) in [6, 6.07) is 35.1. The molecule has 0 bridgehead atoms. The lowest BCUT2D eigenvalue weighted by Crippen LogP contribution is -2.29. The van der Waals surface area contributed by atoms with Gasteiger partial charge in [-0.2, -0.15) is 4.99 Å². The molecule has 210 valence electrons. The molecule has 0 aromatic heterocycles. The number of benzene rings is 4. The molecule has 4 aromatic rings. The van der Waals surface area contributed by atoms with Crippen LogP contribution < -0.4 is 4.90 Å². The first kappa shape index (κ1) is 28.1. The van der Waals surface area contributed by atoms with Crippen molar-refractivity contribution in [1.29, 1.82) is 0 Å². The number of nitrogens with zero attached hydrogens (tertiary/aromatic N) is 3. The molecular formula is C35H31N3O4. The number of rotatable bonds is 10. The van der Waals surface area contributed by atoms with Gasteiger partial charge in [0.1, 0.15) is 0 Å². The van der Waals surface area contributed by atoms with Gasteiger partial charge in [-0.25, -0.2) is 4.79 Å². The molecule has 1 saturated heterocycles. The predicted molar refractivity (Wildman–Crippen MR) is 166 cm³/mol. The molecule has 0 radical (unpaired) electrons. The summed E-state index contributed by atoms with van der Waals surface area (Å²) in [6.07, 6.45) is 3.93. The van der Waals surface area contributed by atoms with Crippen molar-refractivity contribution in [2.24, 2.45) is 4.99 Å². The lowest BCUT2D eigenvalue weighted by molar-refractivity contribution is -0.122. The average Bonchev–Trinajstić information content (AvgIpc) is 3.32. The van der Waals surface area contributed by atoms with E-state index in [1.807, 2.05) is 67.6 Å². The van der Waals surface area contributed by atoms with Crippen LogP contribution in [0.15, 0.2) is 133 Å². The number of hydrogen-bond donors (Lipinski definition) is 0. The number of anilines is 3. The Labute approximate surface area is 245 Å². The quantitative estimate of drug-likeness (QED) is 0.0861. The van der Waals surface area contributed by atoms with Crippen LogP contribution in [0.3, 0.4) is 0 Å². The van der Waals surface area contributed by atoms with E-state index in [4.69, 9.17) is 9.47 Å². The number of esters is 1. The van der Waals surface area contributed by atoms with Gasteiger partial charge in [-0.05, 0) is 73.5 Å². The first-order chi connectivity index (χ1) is 20.6. The van der Waals surface area contributed by atoms with Crippen LogP contribution in [-0.4, -0.2) is 35.9 Å². The molecule has 0 atom stereocenters. The van der Waals surface area contributed by atoms with Crippen LogP contribution in [-0.2, 0) is 14.3 Å². The molecule has 0 N–H and O–H groups in total. The molecule has 7 nitrogen and oxygen atoms in total. The third kappa shape index (κ3) is 6.31. The van der Waals surface area contributed by atoms with Crippen molar-refractivity contribution in [2.75, 3.05) is 18.1 Å². The van der Waals surface area contributed by atoms with E-state index < -0.39 is 5.97 Å². The van der Waals surface area contributed by atoms with Gasteiger partial charge >= 0.3 is 12.0 Å². The maximum absolute atomic E-state index is 13.2. The molecule has 42 heavy (non-hydrogen) atoms. The number of amides is 1. The third-order valence-corrected chi connectivity index (χ3v) is 6.58. The van der Waals surface area contributed by atoms with Crippen LogP contribution in [0.25, 0.3) is 6.08 Å². The van der Waals surface area contributed by atoms with Gasteiger partial charge in [0.25, 0.3) is 5.91 Å². The highest BCUT2D eigenvalue weighted by Crippen LogP contribution is 2.34. The molecule has 5 rings (SSSR count). The zero-order chi connectivity index (χ0) is 29.3. The van der Waals surface area contributed by atoms with Gasteiger partial charge in [0, 0.05) is 23.6 Å². The highest BCUT2D eigenvalue weighted by Gasteiger charge is 2.34. The third-order valence-electron chi connectivity index (χ3n) is 6.58. The summed E-state index contributed by atoms with van der Waals surface area (Å²) in [4.78, 5) is 34.0. The largest absolute Gasteiger partial charge is 0.462 e. The number of ether oxygens (including phenoxy) is 2. The summed E-state index contributed by atoms with van der Waals surface area (Å²) >= 11 is 0. The molecule has 1 heterocycles. The maximum Gasteiger partial charge on any atom is 0.340 e. The summed E-state index contributed by atoms with van der Waals surface area (Å²) in [5.74, 6) is -0.654. The first-order valence-electron chi connectivity index (χ1n) is 13.8. The van der Waals surface area contributed by atoms with E-state index in [0.717, 1.165) is 22.6 Å². The Morgan fingerprint density at radius 3 is 2.10 bits per heavy atom. The fraction of sp³-hybridized carbons (Fsp3) is 0.114. The molecule has 1 aliphatic heterocycles. The first-order valence-corrected chi connectivity index (χ1v) is 13.8. The zero-order valence-corrected chi connectivity index (χ0v) is 23.4. The van der Waals surface area contributed by atoms with Crippen molar-refractivity contribution in [2.45, 2.75) is 13.3 Å². The van der Waals surface area contributed by atoms with Gasteiger partial charge in [-0.15, -0.1) is 6.58 Å². The summed E-state index contributed by atoms with van der Waals surface area (Å²) < 4.78 is 11.3. The van der Waals surface area contributed by atoms with E-state index in [1.165, 1.54) is 4.90 Å². The minimum Gasteiger partial charge on any atom is -0.462 e. The van der Waals surface area contributed by atoms with E-state index in [-0.39, 0.29) is 29.9 Å². The van der Waals surface area contributed by atoms with Crippen LogP contribution >= 0.6 is 0 Å². The number of carbonyl (C=O) groups excluding carboxylic acids is 2. The Morgan fingerprint density at radius 2 is 1.48 bits per heavy atom. The topological polar surface area (TPSA) is 71.4 Å². The standard InChI is InChI=1S/C35H31N3O4/c1-3-5-24-41-34(40)30-18-12-13-19-31(30)36-35-37(4-2)33(39)32(42-35)25-26-20-22-29(23-21-26)38(27-14-8-6-9-15-27)28-16-10-7-11-17-28/h3,6-23,25H,1,4-5,24H2,2H3/b32-25+,36-35+. The molecule has 7 heteroatoms. The van der Waals surface area contributed by atoms with Crippen molar-refractivity contribution in [3.8, 4) is 0 Å². The van der Waals surface area contributed by atoms with Gasteiger partial charge in [0.05, 0.1) is 17.9 Å². The van der Waals surface area contributed by atoms with Gasteiger partial charge in [0.2, 0.25) is 0 Å². The Kier molecular flexibility index (Phi) is 8.89. The number of para-hydroxylation sites is 3. The summed E-state index contributed by atoms with van der Waals surface area (Å²) in [6.45, 7) is 6.06. The molecule has 4 aromatic carbocycles. The molecule has 0 saturated carbocycles. The number of aliphatic imine (C=N–C) groups is 1. The monoisotopic (exact) mass is 557 g/mol. The van der Waals surface area contributed by atoms with E-state index >= 15 is 0 Å². The highest BCUT2D eigenvalue weighted by atomic mass is 16.5. The number of carbonyl (C=O) groups is 2. The van der Waals surface area contributed by atoms with Crippen molar-refractivity contribution < 1.29 is 19.1 Å². The lowest BCUT2D eigenvalue weighted by atomic mass is 10.1. The fourth-order valence-electron chi connectivity index (χ4n) is 4.50. The van der Waals surface area contributed by atoms with E-state index in [9.17, 15) is 9.59 Å². The van der Waals surface area contributed by atoms with Crippen LogP contribution in [0, 0.1) is 0 Å². The van der Waals surface area contributed by atoms with Crippen molar-refractivity contribution in [1.82, 2.24) is 4.90 Å². The molecule has 0 spiro atoms. The minimum atomic E-state index is -0.500. The second-order valence-corrected chi connectivity index (χ2v) is 9.38. The van der Waals surface area contributed by atoms with Crippen LogP contribution in [0.4, 0.5) is 22.7 Å². The molecule has 1 fully saturated rings. The van der Waals surface area contributed by atoms with Gasteiger partial charge in [-0.1, -0.05) is 66.7 Å². The number of likely N-dealkylation sites (N-methyl/N-ethyl adjacent to an activating group) is 1. The fourth-order valence-corrected chi connectivity index (χ4v) is 4.50. The van der Waals surface area contributed by atoms with Crippen LogP contribution in [0.2, 0.25) is 0 Å². The molecular weight excluding hydrogens is 526 g/mol. The second kappa shape index (κ2) is 13.3. The predicted octanol–water partition coefficient (Wildman–Crippen LogP) is 7.80. The summed E-state index contributed by atoms with van der Waals surface area (Å²) in [7, 11) is 0. The Hall–Kier alpha value is -5.43. The highest BCUT2D eigenvalue weighted by molar-refractivity contribution is 6.12. The Morgan fingerprint density at radius 1 is 0.881 bits per heavy atom. The SMILES string of the molecule is C=CCCOC(=O)c1ccccc1/N=C1/O/C(=C/c2ccc(N(c3ccccc3)c3ccccc3)cc2)C(=O)N1CC. The van der Waals surface area contributed by atoms with Gasteiger partial charge in [0.15, 0.2) is 5.76 Å². The second-order valence-electron chi connectivity index (χ2n) is 9.38. The lowest BCUT2D eigenvalue weighted by Gasteiger charge is -2.25. The summed E-state index contributed by atoms with van der Waals surface area (Å²) in [5, 5.41) is 0. The smallest absolute Gasteiger partial charge is 0.340 e. The molecule has 1 aliphatic rings. The number of hydrogen-bond acceptors (Lipinski definition) is 6. The number of amidine groups is 1. The van der Waals surface area contributed by atoms with E-state index in [2.05, 4.69) is 40.7 Å². The molecule has 1 amide bonds. The van der Waals surface area contributed by atoms with Crippen molar-refractivity contribution in [3.05, 3.63) is 139 Å². The van der Waals surface area contributed by atoms with Crippen molar-refractivity contribution >= 4 is 46.7 Å². The van der Waals surface area contributed by atoms with Crippen LogP contribution in [0.1, 0.15) is 29.3 Å². The Balaban J connectivity index is 1.41. The average molecular weight is 558 g/mol. The molecule has 0 aliphatic carbocycles. The minimum absolute atomic E-state index is 0.107. The maximum atomic E-state index is 13.2.